The molecule has 0 fully saturated rings. The number of hydrogen-bond acceptors (Lipinski definition) is 0. The normalized spacial score (nSPS) is 10.8. The van der Waals surface area contributed by atoms with Crippen molar-refractivity contribution in [2.75, 3.05) is 0 Å². The van der Waals surface area contributed by atoms with Crippen LogP contribution in [0.25, 0.3) is 11.1 Å². The van der Waals surface area contributed by atoms with Gasteiger partial charge in [0, 0.05) is 4.47 Å². The second-order valence-electron chi connectivity index (χ2n) is 6.08. The van der Waals surface area contributed by atoms with E-state index >= 15 is 0 Å². The van der Waals surface area contributed by atoms with Gasteiger partial charge in [-0.25, -0.2) is 0 Å². The number of halogens is 1. The van der Waals surface area contributed by atoms with Crippen LogP contribution >= 0.6 is 15.9 Å². The molecule has 0 aliphatic carbocycles. The van der Waals surface area contributed by atoms with Gasteiger partial charge in [0.1, 0.15) is 0 Å². The lowest BCUT2D eigenvalue weighted by molar-refractivity contribution is 0.589. The van der Waals surface area contributed by atoms with Crippen LogP contribution in [0.5, 0.6) is 0 Å². The van der Waals surface area contributed by atoms with E-state index in [1.54, 1.807) is 0 Å². The highest BCUT2D eigenvalue weighted by Crippen LogP contribution is 2.22. The van der Waals surface area contributed by atoms with Crippen molar-refractivity contribution >= 4 is 15.9 Å². The third-order valence-electron chi connectivity index (χ3n) is 4.20. The van der Waals surface area contributed by atoms with Gasteiger partial charge in [0.05, 0.1) is 0 Å². The van der Waals surface area contributed by atoms with E-state index in [2.05, 4.69) is 71.4 Å². The molecule has 0 aliphatic heterocycles. The first kappa shape index (κ1) is 17.3. The number of benzene rings is 2. The van der Waals surface area contributed by atoms with Gasteiger partial charge in [-0.2, -0.15) is 0 Å². The van der Waals surface area contributed by atoms with Gasteiger partial charge < -0.3 is 0 Å². The maximum atomic E-state index is 3.48. The molecule has 0 aliphatic rings. The van der Waals surface area contributed by atoms with Gasteiger partial charge in [-0.3, -0.25) is 0 Å². The zero-order valence-corrected chi connectivity index (χ0v) is 15.2. The van der Waals surface area contributed by atoms with Crippen molar-refractivity contribution in [3.05, 3.63) is 58.6 Å². The first-order chi connectivity index (χ1) is 10.8. The molecule has 0 unspecified atom stereocenters. The van der Waals surface area contributed by atoms with Crippen LogP contribution in [0.15, 0.2) is 53.0 Å². The van der Waals surface area contributed by atoms with Crippen molar-refractivity contribution in [1.82, 2.24) is 0 Å². The summed E-state index contributed by atoms with van der Waals surface area (Å²) in [7, 11) is 0. The summed E-state index contributed by atoms with van der Waals surface area (Å²) in [4.78, 5) is 0. The molecule has 0 N–H and O–H groups in total. The maximum absolute atomic E-state index is 3.48. The Hall–Kier alpha value is -1.08. The summed E-state index contributed by atoms with van der Waals surface area (Å²) in [6.45, 7) is 2.28. The van der Waals surface area contributed by atoms with Gasteiger partial charge in [0.15, 0.2) is 0 Å². The quantitative estimate of drug-likeness (QED) is 0.409. The monoisotopic (exact) mass is 358 g/mol. The van der Waals surface area contributed by atoms with Crippen molar-refractivity contribution in [2.45, 2.75) is 58.3 Å². The largest absolute Gasteiger partial charge is 0.0654 e. The fourth-order valence-corrected chi connectivity index (χ4v) is 3.06. The number of aryl methyl sites for hydroxylation is 1. The molecule has 0 amide bonds. The molecule has 118 valence electrons. The smallest absolute Gasteiger partial charge is 0.0175 e. The van der Waals surface area contributed by atoms with Crippen LogP contribution < -0.4 is 0 Å². The van der Waals surface area contributed by atoms with E-state index in [1.165, 1.54) is 68.1 Å². The Balaban J connectivity index is 1.74. The van der Waals surface area contributed by atoms with Crippen LogP contribution in [0.2, 0.25) is 0 Å². The zero-order chi connectivity index (χ0) is 15.6. The minimum absolute atomic E-state index is 1.13. The summed E-state index contributed by atoms with van der Waals surface area (Å²) in [6.07, 6.45) is 10.9. The molecule has 2 aromatic carbocycles. The molecule has 0 atom stereocenters. The average molecular weight is 359 g/mol. The first-order valence-electron chi connectivity index (χ1n) is 8.64. The van der Waals surface area contributed by atoms with E-state index in [4.69, 9.17) is 0 Å². The van der Waals surface area contributed by atoms with E-state index in [0.29, 0.717) is 0 Å². The van der Waals surface area contributed by atoms with Crippen LogP contribution in [0.1, 0.15) is 57.4 Å². The molecule has 0 radical (unpaired) electrons. The Kier molecular flexibility index (Phi) is 7.73. The number of hydrogen-bond donors (Lipinski definition) is 0. The van der Waals surface area contributed by atoms with Gasteiger partial charge in [0.25, 0.3) is 0 Å². The Morgan fingerprint density at radius 1 is 0.636 bits per heavy atom. The van der Waals surface area contributed by atoms with E-state index in [1.807, 2.05) is 0 Å². The van der Waals surface area contributed by atoms with Crippen molar-refractivity contribution in [2.24, 2.45) is 0 Å². The van der Waals surface area contributed by atoms with E-state index in [0.717, 1.165) is 4.47 Å². The van der Waals surface area contributed by atoms with Crippen molar-refractivity contribution in [1.29, 1.82) is 0 Å². The number of rotatable bonds is 9. The predicted molar refractivity (Wildman–Crippen MR) is 101 cm³/mol. The second kappa shape index (κ2) is 9.84. The van der Waals surface area contributed by atoms with Crippen LogP contribution in [0.4, 0.5) is 0 Å². The molecule has 0 spiro atoms. The lowest BCUT2D eigenvalue weighted by atomic mass is 10.0. The fraction of sp³-hybridized carbons (Fsp3) is 0.429. The lowest BCUT2D eigenvalue weighted by Crippen LogP contribution is -1.87. The van der Waals surface area contributed by atoms with E-state index in [9.17, 15) is 0 Å². The van der Waals surface area contributed by atoms with Gasteiger partial charge in [-0.15, -0.1) is 0 Å². The molecule has 0 saturated heterocycles. The van der Waals surface area contributed by atoms with Crippen molar-refractivity contribution in [3.63, 3.8) is 0 Å². The molecule has 1 heteroatoms. The highest BCUT2D eigenvalue weighted by Gasteiger charge is 1.99. The first-order valence-corrected chi connectivity index (χ1v) is 9.44. The Morgan fingerprint density at radius 2 is 1.14 bits per heavy atom. The zero-order valence-electron chi connectivity index (χ0n) is 13.7. The van der Waals surface area contributed by atoms with Gasteiger partial charge >= 0.3 is 0 Å². The summed E-state index contributed by atoms with van der Waals surface area (Å²) in [6, 6.07) is 17.6. The minimum Gasteiger partial charge on any atom is -0.0654 e. The molecule has 0 saturated carbocycles. The van der Waals surface area contributed by atoms with E-state index in [-0.39, 0.29) is 0 Å². The van der Waals surface area contributed by atoms with Gasteiger partial charge in [0.2, 0.25) is 0 Å². The van der Waals surface area contributed by atoms with Crippen LogP contribution in [0.3, 0.4) is 0 Å². The standard InChI is InChI=1S/C21H27Br/c1-2-3-4-5-6-7-8-9-18-10-12-19(13-11-18)20-14-16-21(22)17-15-20/h10-17H,2-9H2,1H3. The molecule has 0 heterocycles. The minimum atomic E-state index is 1.13. The molecule has 2 aromatic rings. The van der Waals surface area contributed by atoms with E-state index < -0.39 is 0 Å². The summed E-state index contributed by atoms with van der Waals surface area (Å²) in [5, 5.41) is 0. The van der Waals surface area contributed by atoms with Crippen LogP contribution in [-0.4, -0.2) is 0 Å². The predicted octanol–water partition coefficient (Wildman–Crippen LogP) is 7.41. The topological polar surface area (TPSA) is 0 Å². The van der Waals surface area contributed by atoms with Crippen LogP contribution in [0, 0.1) is 0 Å². The molecule has 22 heavy (non-hydrogen) atoms. The molecule has 0 bridgehead atoms. The molecule has 2 rings (SSSR count). The molecule has 0 aromatic heterocycles. The molecule has 0 nitrogen and oxygen atoms in total. The summed E-state index contributed by atoms with van der Waals surface area (Å²) in [5.74, 6) is 0. The Morgan fingerprint density at radius 3 is 1.73 bits per heavy atom. The molecular formula is C21H27Br. The summed E-state index contributed by atoms with van der Waals surface area (Å²) in [5.41, 5.74) is 4.05. The highest BCUT2D eigenvalue weighted by molar-refractivity contribution is 9.10. The Labute approximate surface area is 144 Å². The fourth-order valence-electron chi connectivity index (χ4n) is 2.79. The van der Waals surface area contributed by atoms with Crippen LogP contribution in [-0.2, 0) is 6.42 Å². The summed E-state index contributed by atoms with van der Waals surface area (Å²) < 4.78 is 1.13. The third kappa shape index (κ3) is 5.96. The molecular weight excluding hydrogens is 332 g/mol. The Bertz CT molecular complexity index is 525. The average Bonchev–Trinajstić information content (AvgIpc) is 2.55. The third-order valence-corrected chi connectivity index (χ3v) is 4.73. The second-order valence-corrected chi connectivity index (χ2v) is 6.99. The SMILES string of the molecule is CCCCCCCCCc1ccc(-c2ccc(Br)cc2)cc1. The number of unbranched alkanes of at least 4 members (excludes halogenated alkanes) is 6. The highest BCUT2D eigenvalue weighted by atomic mass is 79.9. The van der Waals surface area contributed by atoms with Crippen molar-refractivity contribution in [3.8, 4) is 11.1 Å². The van der Waals surface area contributed by atoms with Crippen molar-refractivity contribution < 1.29 is 0 Å². The van der Waals surface area contributed by atoms with Gasteiger partial charge in [-0.05, 0) is 41.7 Å². The summed E-state index contributed by atoms with van der Waals surface area (Å²) >= 11 is 3.48. The lowest BCUT2D eigenvalue weighted by Gasteiger charge is -2.05. The maximum Gasteiger partial charge on any atom is 0.0175 e. The van der Waals surface area contributed by atoms with Gasteiger partial charge in [-0.1, -0.05) is 97.8 Å².